The lowest BCUT2D eigenvalue weighted by Crippen LogP contribution is -2.19. The first-order chi connectivity index (χ1) is 17.7. The average molecular weight is 565 g/mol. The molecule has 0 atom stereocenters. The van der Waals surface area contributed by atoms with E-state index in [1.54, 1.807) is 49.4 Å². The number of hydrogen-bond donors (Lipinski definition) is 2. The molecule has 4 aromatic rings. The second-order valence-electron chi connectivity index (χ2n) is 8.06. The molecule has 0 spiro atoms. The van der Waals surface area contributed by atoms with Crippen LogP contribution in [0, 0.1) is 17.0 Å². The summed E-state index contributed by atoms with van der Waals surface area (Å²) in [5.41, 5.74) is 5.86. The maximum atomic E-state index is 12.5. The molecule has 0 aliphatic carbocycles. The minimum Gasteiger partial charge on any atom is -0.454 e. The Kier molecular flexibility index (Phi) is 7.58. The summed E-state index contributed by atoms with van der Waals surface area (Å²) in [4.78, 5) is 35.3. The fraction of sp³-hybridized carbons (Fsp3) is 0.120. The van der Waals surface area contributed by atoms with Gasteiger partial charge in [0.25, 0.3) is 5.91 Å². The zero-order chi connectivity index (χ0) is 26.5. The van der Waals surface area contributed by atoms with Crippen LogP contribution < -0.4 is 10.7 Å². The summed E-state index contributed by atoms with van der Waals surface area (Å²) in [5.74, 6) is -0.708. The van der Waals surface area contributed by atoms with Gasteiger partial charge in [-0.05, 0) is 76.7 Å². The quantitative estimate of drug-likeness (QED) is 0.177. The molecule has 0 fully saturated rings. The average Bonchev–Trinajstić information content (AvgIpc) is 3.49. The number of rotatable bonds is 8. The molecule has 37 heavy (non-hydrogen) atoms. The Balaban J connectivity index is 1.38. The van der Waals surface area contributed by atoms with Gasteiger partial charge in [0.05, 0.1) is 17.0 Å². The van der Waals surface area contributed by atoms with Gasteiger partial charge in [0, 0.05) is 11.3 Å². The molecule has 4 rings (SSSR count). The van der Waals surface area contributed by atoms with Gasteiger partial charge < -0.3 is 19.8 Å². The Hall–Kier alpha value is -4.58. The van der Waals surface area contributed by atoms with Crippen LogP contribution in [0.15, 0.2) is 80.9 Å². The SMILES string of the molecule is C/C(=N/NC(=O)c1ccc(Cn2cc(Br)c([N+](=O)[O-])n2)o1)c1cccc(NC(=O)c2ccc(C)cc2)c1. The highest BCUT2D eigenvalue weighted by Crippen LogP contribution is 2.23. The van der Waals surface area contributed by atoms with E-state index in [4.69, 9.17) is 4.42 Å². The minimum atomic E-state index is -0.602. The van der Waals surface area contributed by atoms with Crippen molar-refractivity contribution in [2.24, 2.45) is 5.10 Å². The number of furan rings is 1. The summed E-state index contributed by atoms with van der Waals surface area (Å²) in [7, 11) is 0. The summed E-state index contributed by atoms with van der Waals surface area (Å²) in [6.07, 6.45) is 1.45. The molecular weight excluding hydrogens is 544 g/mol. The zero-order valence-electron chi connectivity index (χ0n) is 19.8. The van der Waals surface area contributed by atoms with Crippen LogP contribution in [0.1, 0.15) is 44.7 Å². The molecule has 11 nitrogen and oxygen atoms in total. The second-order valence-corrected chi connectivity index (χ2v) is 8.91. The Bertz CT molecular complexity index is 1510. The Morgan fingerprint density at radius 3 is 2.57 bits per heavy atom. The number of benzene rings is 2. The molecule has 2 aromatic carbocycles. The van der Waals surface area contributed by atoms with Crippen molar-refractivity contribution in [3.05, 3.63) is 110 Å². The maximum absolute atomic E-state index is 12.5. The number of aryl methyl sites for hydroxylation is 1. The predicted molar refractivity (Wildman–Crippen MR) is 140 cm³/mol. The largest absolute Gasteiger partial charge is 0.454 e. The Morgan fingerprint density at radius 1 is 1.11 bits per heavy atom. The van der Waals surface area contributed by atoms with Crippen LogP contribution in [-0.2, 0) is 6.54 Å². The third-order valence-electron chi connectivity index (χ3n) is 5.25. The van der Waals surface area contributed by atoms with E-state index in [0.29, 0.717) is 28.3 Å². The highest BCUT2D eigenvalue weighted by molar-refractivity contribution is 9.10. The fourth-order valence-electron chi connectivity index (χ4n) is 3.32. The number of aromatic nitrogens is 2. The Morgan fingerprint density at radius 2 is 1.86 bits per heavy atom. The lowest BCUT2D eigenvalue weighted by molar-refractivity contribution is -0.390. The van der Waals surface area contributed by atoms with E-state index < -0.39 is 10.8 Å². The molecule has 2 N–H and O–H groups in total. The molecule has 0 bridgehead atoms. The van der Waals surface area contributed by atoms with Crippen LogP contribution in [0.2, 0.25) is 0 Å². The Labute approximate surface area is 219 Å². The van der Waals surface area contributed by atoms with E-state index in [1.807, 2.05) is 19.1 Å². The third-order valence-corrected chi connectivity index (χ3v) is 5.81. The summed E-state index contributed by atoms with van der Waals surface area (Å²) >= 11 is 3.09. The van der Waals surface area contributed by atoms with Gasteiger partial charge >= 0.3 is 11.7 Å². The zero-order valence-corrected chi connectivity index (χ0v) is 21.4. The molecule has 2 aromatic heterocycles. The second kappa shape index (κ2) is 11.0. The van der Waals surface area contributed by atoms with Crippen molar-refractivity contribution in [2.45, 2.75) is 20.4 Å². The van der Waals surface area contributed by atoms with E-state index in [9.17, 15) is 19.7 Å². The standard InChI is InChI=1S/C25H21BrN6O5/c1-15-6-8-17(9-7-15)24(33)27-19-5-3-4-18(12-19)16(2)28-29-25(34)22-11-10-20(37-22)13-31-14-21(26)23(30-31)32(35)36/h3-12,14H,13H2,1-2H3,(H,27,33)(H,29,34)/b28-16-. The van der Waals surface area contributed by atoms with E-state index in [1.165, 1.54) is 16.9 Å². The van der Waals surface area contributed by atoms with Gasteiger partial charge in [-0.25, -0.2) is 5.43 Å². The fourth-order valence-corrected chi connectivity index (χ4v) is 3.78. The van der Waals surface area contributed by atoms with Gasteiger partial charge in [0.2, 0.25) is 0 Å². The lowest BCUT2D eigenvalue weighted by Gasteiger charge is -2.08. The van der Waals surface area contributed by atoms with Gasteiger partial charge in [0.15, 0.2) is 5.76 Å². The number of halogens is 1. The van der Waals surface area contributed by atoms with Gasteiger partial charge in [-0.2, -0.15) is 9.78 Å². The van der Waals surface area contributed by atoms with Crippen molar-refractivity contribution >= 4 is 45.0 Å². The van der Waals surface area contributed by atoms with Crippen molar-refractivity contribution in [2.75, 3.05) is 5.32 Å². The van der Waals surface area contributed by atoms with Crippen molar-refractivity contribution in [1.82, 2.24) is 15.2 Å². The number of nitro groups is 1. The van der Waals surface area contributed by atoms with Crippen LogP contribution in [0.4, 0.5) is 11.5 Å². The molecule has 0 unspecified atom stereocenters. The lowest BCUT2D eigenvalue weighted by atomic mass is 10.1. The normalized spacial score (nSPS) is 11.3. The number of hydrogen-bond acceptors (Lipinski definition) is 7. The van der Waals surface area contributed by atoms with Crippen LogP contribution >= 0.6 is 15.9 Å². The molecule has 0 aliphatic heterocycles. The summed E-state index contributed by atoms with van der Waals surface area (Å²) in [5, 5.41) is 21.8. The van der Waals surface area contributed by atoms with Crippen LogP contribution in [-0.4, -0.2) is 32.2 Å². The smallest absolute Gasteiger partial charge is 0.404 e. The molecule has 0 saturated carbocycles. The van der Waals surface area contributed by atoms with E-state index in [-0.39, 0.29) is 28.5 Å². The molecule has 2 amide bonds. The molecule has 0 radical (unpaired) electrons. The van der Waals surface area contributed by atoms with Gasteiger partial charge in [0.1, 0.15) is 16.8 Å². The molecule has 188 valence electrons. The number of hydrazone groups is 1. The minimum absolute atomic E-state index is 0.0198. The van der Waals surface area contributed by atoms with Gasteiger partial charge in [-0.15, -0.1) is 0 Å². The number of anilines is 1. The van der Waals surface area contributed by atoms with Gasteiger partial charge in [-0.1, -0.05) is 29.8 Å². The number of carbonyl (C=O) groups excluding carboxylic acids is 2. The van der Waals surface area contributed by atoms with Crippen LogP contribution in [0.25, 0.3) is 0 Å². The van der Waals surface area contributed by atoms with Crippen LogP contribution in [0.5, 0.6) is 0 Å². The first kappa shape index (κ1) is 25.5. The number of amides is 2. The molecule has 0 aliphatic rings. The first-order valence-corrected chi connectivity index (χ1v) is 11.8. The van der Waals surface area contributed by atoms with Gasteiger partial charge in [-0.3, -0.25) is 9.59 Å². The maximum Gasteiger partial charge on any atom is 0.404 e. The summed E-state index contributed by atoms with van der Waals surface area (Å²) < 4.78 is 7.10. The highest BCUT2D eigenvalue weighted by atomic mass is 79.9. The molecular formula is C25H21BrN6O5. The summed E-state index contributed by atoms with van der Waals surface area (Å²) in [6, 6.07) is 17.4. The predicted octanol–water partition coefficient (Wildman–Crippen LogP) is 4.91. The molecule has 2 heterocycles. The number of carbonyl (C=O) groups is 2. The van der Waals surface area contributed by atoms with Crippen molar-refractivity contribution in [1.29, 1.82) is 0 Å². The van der Waals surface area contributed by atoms with Crippen molar-refractivity contribution in [3.8, 4) is 0 Å². The molecule has 0 saturated heterocycles. The van der Waals surface area contributed by atoms with Crippen molar-refractivity contribution in [3.63, 3.8) is 0 Å². The first-order valence-electron chi connectivity index (χ1n) is 11.0. The van der Waals surface area contributed by atoms with Crippen LogP contribution in [0.3, 0.4) is 0 Å². The van der Waals surface area contributed by atoms with E-state index in [0.717, 1.165) is 5.56 Å². The topological polar surface area (TPSA) is 145 Å². The van der Waals surface area contributed by atoms with Crippen molar-refractivity contribution < 1.29 is 18.9 Å². The van der Waals surface area contributed by atoms with E-state index >= 15 is 0 Å². The highest BCUT2D eigenvalue weighted by Gasteiger charge is 2.20. The number of nitrogens with one attached hydrogen (secondary N) is 2. The summed E-state index contributed by atoms with van der Waals surface area (Å²) in [6.45, 7) is 3.77. The monoisotopic (exact) mass is 564 g/mol. The third kappa shape index (κ3) is 6.35. The van der Waals surface area contributed by atoms with E-state index in [2.05, 4.69) is 36.9 Å². The number of nitrogens with zero attached hydrogens (tertiary/aromatic N) is 4. The molecule has 12 heteroatoms.